The number of hydrogen-bond donors (Lipinski definition) is 2. The summed E-state index contributed by atoms with van der Waals surface area (Å²) in [4.78, 5) is 4.29. The molecule has 1 aliphatic carbocycles. The first-order chi connectivity index (χ1) is 9.03. The van der Waals surface area contributed by atoms with Crippen molar-refractivity contribution < 1.29 is 0 Å². The minimum atomic E-state index is 0.0913. The van der Waals surface area contributed by atoms with Crippen LogP contribution in [0.2, 0.25) is 0 Å². The van der Waals surface area contributed by atoms with E-state index in [4.69, 9.17) is 0 Å². The molecular weight excluding hydrogens is 234 g/mol. The summed E-state index contributed by atoms with van der Waals surface area (Å²) in [7, 11) is 1.83. The van der Waals surface area contributed by atoms with Gasteiger partial charge in [-0.05, 0) is 17.9 Å². The number of rotatable bonds is 4. The summed E-state index contributed by atoms with van der Waals surface area (Å²) in [6, 6.07) is 11.2. The van der Waals surface area contributed by atoms with Gasteiger partial charge in [-0.3, -0.25) is 4.99 Å². The van der Waals surface area contributed by atoms with Gasteiger partial charge in [0.05, 0.1) is 0 Å². The number of guanidine groups is 1. The Balaban J connectivity index is 1.89. The van der Waals surface area contributed by atoms with Crippen LogP contribution in [0.3, 0.4) is 0 Å². The summed E-state index contributed by atoms with van der Waals surface area (Å²) in [6.07, 6.45) is 1.25. The molecule has 0 aromatic heterocycles. The summed E-state index contributed by atoms with van der Waals surface area (Å²) in [6.45, 7) is 7.64. The highest BCUT2D eigenvalue weighted by molar-refractivity contribution is 5.80. The predicted octanol–water partition coefficient (Wildman–Crippen LogP) is 2.54. The first-order valence-corrected chi connectivity index (χ1v) is 7.05. The van der Waals surface area contributed by atoms with Crippen molar-refractivity contribution in [1.82, 2.24) is 10.6 Å². The Morgan fingerprint density at radius 1 is 1.32 bits per heavy atom. The van der Waals surface area contributed by atoms with Crippen LogP contribution in [0.5, 0.6) is 0 Å². The first kappa shape index (κ1) is 13.9. The average molecular weight is 259 g/mol. The Bertz CT molecular complexity index is 437. The molecule has 3 heteroatoms. The number of nitrogens with one attached hydrogen (secondary N) is 2. The monoisotopic (exact) mass is 259 g/mol. The maximum Gasteiger partial charge on any atom is 0.191 e. The second kappa shape index (κ2) is 5.64. The van der Waals surface area contributed by atoms with Crippen molar-refractivity contribution in [2.75, 3.05) is 13.6 Å². The summed E-state index contributed by atoms with van der Waals surface area (Å²) in [5, 5.41) is 6.89. The van der Waals surface area contributed by atoms with Crippen LogP contribution in [0.1, 0.15) is 32.8 Å². The van der Waals surface area contributed by atoms with Gasteiger partial charge in [0.15, 0.2) is 5.96 Å². The summed E-state index contributed by atoms with van der Waals surface area (Å²) in [5.41, 5.74) is 1.44. The van der Waals surface area contributed by atoms with Crippen molar-refractivity contribution in [3.8, 4) is 0 Å². The maximum atomic E-state index is 4.29. The van der Waals surface area contributed by atoms with E-state index in [9.17, 15) is 0 Å². The first-order valence-electron chi connectivity index (χ1n) is 7.05. The van der Waals surface area contributed by atoms with Crippen LogP contribution in [-0.2, 0) is 5.41 Å². The van der Waals surface area contributed by atoms with Crippen LogP contribution < -0.4 is 10.6 Å². The maximum absolute atomic E-state index is 4.29. The van der Waals surface area contributed by atoms with Gasteiger partial charge in [-0.2, -0.15) is 0 Å². The smallest absolute Gasteiger partial charge is 0.191 e. The van der Waals surface area contributed by atoms with Gasteiger partial charge < -0.3 is 10.6 Å². The van der Waals surface area contributed by atoms with Gasteiger partial charge in [0.1, 0.15) is 0 Å². The lowest BCUT2D eigenvalue weighted by atomic mass is 9.85. The molecule has 0 heterocycles. The fraction of sp³-hybridized carbons (Fsp3) is 0.562. The zero-order valence-corrected chi connectivity index (χ0v) is 12.4. The Morgan fingerprint density at radius 2 is 1.95 bits per heavy atom. The third-order valence-corrected chi connectivity index (χ3v) is 3.91. The molecule has 1 aromatic carbocycles. The van der Waals surface area contributed by atoms with Crippen molar-refractivity contribution in [3.63, 3.8) is 0 Å². The minimum absolute atomic E-state index is 0.0913. The summed E-state index contributed by atoms with van der Waals surface area (Å²) in [5.74, 6) is 1.69. The molecule has 2 unspecified atom stereocenters. The highest BCUT2D eigenvalue weighted by Gasteiger charge is 2.33. The summed E-state index contributed by atoms with van der Waals surface area (Å²) >= 11 is 0. The lowest BCUT2D eigenvalue weighted by Gasteiger charge is -2.26. The zero-order valence-electron chi connectivity index (χ0n) is 12.4. The van der Waals surface area contributed by atoms with Crippen LogP contribution >= 0.6 is 0 Å². The predicted molar refractivity (Wildman–Crippen MR) is 81.5 cm³/mol. The molecule has 1 aliphatic rings. The highest BCUT2D eigenvalue weighted by atomic mass is 15.2. The van der Waals surface area contributed by atoms with E-state index in [-0.39, 0.29) is 5.41 Å². The molecular formula is C16H25N3. The molecule has 1 saturated carbocycles. The van der Waals surface area contributed by atoms with Gasteiger partial charge in [0, 0.05) is 25.0 Å². The van der Waals surface area contributed by atoms with Crippen LogP contribution in [0.25, 0.3) is 0 Å². The van der Waals surface area contributed by atoms with Crippen molar-refractivity contribution in [2.24, 2.45) is 10.9 Å². The average Bonchev–Trinajstić information content (AvgIpc) is 3.11. The second-order valence-electron chi connectivity index (χ2n) is 6.14. The van der Waals surface area contributed by atoms with E-state index in [1.807, 2.05) is 7.05 Å². The van der Waals surface area contributed by atoms with Gasteiger partial charge in [0.25, 0.3) is 0 Å². The van der Waals surface area contributed by atoms with Gasteiger partial charge >= 0.3 is 0 Å². The minimum Gasteiger partial charge on any atom is -0.356 e. The molecule has 3 nitrogen and oxygen atoms in total. The van der Waals surface area contributed by atoms with Gasteiger partial charge in [-0.15, -0.1) is 0 Å². The third-order valence-electron chi connectivity index (χ3n) is 3.91. The largest absolute Gasteiger partial charge is 0.356 e. The van der Waals surface area contributed by atoms with E-state index in [1.165, 1.54) is 12.0 Å². The number of benzene rings is 1. The van der Waals surface area contributed by atoms with Gasteiger partial charge in [-0.1, -0.05) is 51.1 Å². The van der Waals surface area contributed by atoms with Crippen LogP contribution in [0, 0.1) is 5.92 Å². The number of hydrogen-bond acceptors (Lipinski definition) is 1. The van der Waals surface area contributed by atoms with Gasteiger partial charge in [-0.25, -0.2) is 0 Å². The third kappa shape index (κ3) is 3.72. The van der Waals surface area contributed by atoms with Crippen LogP contribution in [0.4, 0.5) is 0 Å². The van der Waals surface area contributed by atoms with Gasteiger partial charge in [0.2, 0.25) is 0 Å². The lowest BCUT2D eigenvalue weighted by molar-refractivity contribution is 0.508. The SMILES string of the molecule is CN=C(NCC(C)(C)c1ccccc1)NC1CC1C. The Labute approximate surface area is 116 Å². The molecule has 2 atom stereocenters. The molecule has 19 heavy (non-hydrogen) atoms. The quantitative estimate of drug-likeness (QED) is 0.644. The number of nitrogens with zero attached hydrogens (tertiary/aromatic N) is 1. The fourth-order valence-corrected chi connectivity index (χ4v) is 2.19. The molecule has 2 rings (SSSR count). The highest BCUT2D eigenvalue weighted by Crippen LogP contribution is 2.28. The van der Waals surface area contributed by atoms with E-state index < -0.39 is 0 Å². The molecule has 1 fully saturated rings. The second-order valence-corrected chi connectivity index (χ2v) is 6.14. The standard InChI is InChI=1S/C16H25N3/c1-12-10-14(12)19-15(17-4)18-11-16(2,3)13-8-6-5-7-9-13/h5-9,12,14H,10-11H2,1-4H3,(H2,17,18,19). The Hall–Kier alpha value is -1.51. The van der Waals surface area contributed by atoms with Crippen molar-refractivity contribution in [3.05, 3.63) is 35.9 Å². The van der Waals surface area contributed by atoms with Crippen molar-refractivity contribution >= 4 is 5.96 Å². The molecule has 1 aromatic rings. The molecule has 0 saturated heterocycles. The molecule has 0 radical (unpaired) electrons. The van der Waals surface area contributed by atoms with E-state index in [0.29, 0.717) is 6.04 Å². The Kier molecular flexibility index (Phi) is 4.13. The number of aliphatic imine (C=N–C) groups is 1. The molecule has 104 valence electrons. The lowest BCUT2D eigenvalue weighted by Crippen LogP contribution is -2.44. The Morgan fingerprint density at radius 3 is 2.47 bits per heavy atom. The molecule has 2 N–H and O–H groups in total. The molecule has 0 amide bonds. The fourth-order valence-electron chi connectivity index (χ4n) is 2.19. The van der Waals surface area contributed by atoms with E-state index in [2.05, 4.69) is 66.7 Å². The van der Waals surface area contributed by atoms with E-state index in [1.54, 1.807) is 0 Å². The molecule has 0 bridgehead atoms. The van der Waals surface area contributed by atoms with Crippen LogP contribution in [-0.4, -0.2) is 25.6 Å². The van der Waals surface area contributed by atoms with E-state index >= 15 is 0 Å². The van der Waals surface area contributed by atoms with E-state index in [0.717, 1.165) is 18.4 Å². The molecule has 0 spiro atoms. The summed E-state index contributed by atoms with van der Waals surface area (Å²) < 4.78 is 0. The van der Waals surface area contributed by atoms with Crippen molar-refractivity contribution in [1.29, 1.82) is 0 Å². The van der Waals surface area contributed by atoms with Crippen LogP contribution in [0.15, 0.2) is 35.3 Å². The zero-order chi connectivity index (χ0) is 13.9. The van der Waals surface area contributed by atoms with Crippen molar-refractivity contribution in [2.45, 2.75) is 38.6 Å². The molecule has 0 aliphatic heterocycles. The topological polar surface area (TPSA) is 36.4 Å². The normalized spacial score (nSPS) is 23.1.